The third-order valence-electron chi connectivity index (χ3n) is 3.03. The molecule has 0 aliphatic heterocycles. The van der Waals surface area contributed by atoms with Crippen molar-refractivity contribution in [2.24, 2.45) is 0 Å². The third kappa shape index (κ3) is 3.50. The zero-order chi connectivity index (χ0) is 15.5. The van der Waals surface area contributed by atoms with Gasteiger partial charge in [-0.25, -0.2) is 17.5 Å². The van der Waals surface area contributed by atoms with Gasteiger partial charge < -0.3 is 11.1 Å². The monoisotopic (exact) mass is 309 g/mol. The summed E-state index contributed by atoms with van der Waals surface area (Å²) in [6.07, 6.45) is 0. The van der Waals surface area contributed by atoms with E-state index < -0.39 is 10.0 Å². The molecule has 0 heterocycles. The Kier molecular flexibility index (Phi) is 4.44. The molecule has 0 unspecified atom stereocenters. The molecule has 0 aliphatic rings. The van der Waals surface area contributed by atoms with Gasteiger partial charge in [0.2, 0.25) is 10.0 Å². The van der Waals surface area contributed by atoms with Gasteiger partial charge in [0.1, 0.15) is 5.82 Å². The molecule has 0 saturated carbocycles. The minimum atomic E-state index is -3.55. The van der Waals surface area contributed by atoms with Gasteiger partial charge in [-0.1, -0.05) is 18.2 Å². The van der Waals surface area contributed by atoms with Gasteiger partial charge in [0, 0.05) is 12.1 Å². The molecule has 0 spiro atoms. The minimum absolute atomic E-state index is 0.0928. The Morgan fingerprint density at radius 2 is 1.90 bits per heavy atom. The predicted molar refractivity (Wildman–Crippen MR) is 80.8 cm³/mol. The first-order valence-electron chi connectivity index (χ1n) is 6.24. The number of benzene rings is 2. The maximum absolute atomic E-state index is 13.5. The van der Waals surface area contributed by atoms with Crippen LogP contribution in [-0.2, 0) is 16.6 Å². The summed E-state index contributed by atoms with van der Waals surface area (Å²) in [7, 11) is -2.22. The lowest BCUT2D eigenvalue weighted by molar-refractivity contribution is 0.588. The van der Waals surface area contributed by atoms with Crippen molar-refractivity contribution in [2.45, 2.75) is 11.4 Å². The van der Waals surface area contributed by atoms with E-state index in [4.69, 9.17) is 5.73 Å². The van der Waals surface area contributed by atoms with Gasteiger partial charge in [-0.2, -0.15) is 0 Å². The first-order valence-corrected chi connectivity index (χ1v) is 7.72. The third-order valence-corrected chi connectivity index (χ3v) is 4.44. The number of anilines is 2. The highest BCUT2D eigenvalue weighted by Crippen LogP contribution is 2.23. The fraction of sp³-hybridized carbons (Fsp3) is 0.143. The zero-order valence-electron chi connectivity index (χ0n) is 11.4. The SMILES string of the molecule is CNS(=O)(=O)c1ccc(N)c(NCc2ccccc2F)c1. The second-order valence-electron chi connectivity index (χ2n) is 4.40. The molecule has 112 valence electrons. The van der Waals surface area contributed by atoms with E-state index in [2.05, 4.69) is 10.0 Å². The first-order chi connectivity index (χ1) is 9.94. The van der Waals surface area contributed by atoms with E-state index in [0.29, 0.717) is 16.9 Å². The quantitative estimate of drug-likeness (QED) is 0.737. The lowest BCUT2D eigenvalue weighted by Gasteiger charge is -2.12. The highest BCUT2D eigenvalue weighted by Gasteiger charge is 2.13. The van der Waals surface area contributed by atoms with Crippen LogP contribution in [0.25, 0.3) is 0 Å². The molecule has 2 rings (SSSR count). The molecule has 21 heavy (non-hydrogen) atoms. The van der Waals surface area contributed by atoms with Gasteiger partial charge in [-0.15, -0.1) is 0 Å². The summed E-state index contributed by atoms with van der Waals surface area (Å²) in [5.74, 6) is -0.331. The van der Waals surface area contributed by atoms with E-state index in [-0.39, 0.29) is 17.3 Å². The summed E-state index contributed by atoms with van der Waals surface area (Å²) in [6.45, 7) is 0.208. The number of hydrogen-bond acceptors (Lipinski definition) is 4. The average Bonchev–Trinajstić information content (AvgIpc) is 2.47. The molecule has 0 aliphatic carbocycles. The number of sulfonamides is 1. The van der Waals surface area contributed by atoms with Crippen LogP contribution in [0.2, 0.25) is 0 Å². The van der Waals surface area contributed by atoms with Crippen LogP contribution in [0.3, 0.4) is 0 Å². The van der Waals surface area contributed by atoms with Gasteiger partial charge in [0.25, 0.3) is 0 Å². The van der Waals surface area contributed by atoms with Crippen LogP contribution >= 0.6 is 0 Å². The van der Waals surface area contributed by atoms with Crippen molar-refractivity contribution in [3.63, 3.8) is 0 Å². The van der Waals surface area contributed by atoms with E-state index in [1.165, 1.54) is 31.3 Å². The Labute approximate surface area is 123 Å². The maximum atomic E-state index is 13.5. The van der Waals surface area contributed by atoms with E-state index in [0.717, 1.165) is 0 Å². The molecule has 0 aromatic heterocycles. The number of hydrogen-bond donors (Lipinski definition) is 3. The number of nitrogens with one attached hydrogen (secondary N) is 2. The fourth-order valence-corrected chi connectivity index (χ4v) is 2.56. The van der Waals surface area contributed by atoms with Gasteiger partial charge in [0.05, 0.1) is 16.3 Å². The number of nitrogen functional groups attached to an aromatic ring is 1. The number of nitrogens with two attached hydrogens (primary N) is 1. The highest BCUT2D eigenvalue weighted by atomic mass is 32.2. The Bertz CT molecular complexity index is 748. The van der Waals surface area contributed by atoms with E-state index >= 15 is 0 Å². The van der Waals surface area contributed by atoms with Crippen molar-refractivity contribution in [1.82, 2.24) is 4.72 Å². The molecule has 0 amide bonds. The van der Waals surface area contributed by atoms with Crippen LogP contribution < -0.4 is 15.8 Å². The molecular formula is C14H16FN3O2S. The molecule has 0 bridgehead atoms. The predicted octanol–water partition coefficient (Wildman–Crippen LogP) is 1.93. The van der Waals surface area contributed by atoms with Crippen molar-refractivity contribution < 1.29 is 12.8 Å². The second kappa shape index (κ2) is 6.11. The lowest BCUT2D eigenvalue weighted by Crippen LogP contribution is -2.19. The fourth-order valence-electron chi connectivity index (χ4n) is 1.81. The van der Waals surface area contributed by atoms with Crippen LogP contribution in [0.1, 0.15) is 5.56 Å². The molecule has 4 N–H and O–H groups in total. The topological polar surface area (TPSA) is 84.2 Å². The van der Waals surface area contributed by atoms with Crippen molar-refractivity contribution in [1.29, 1.82) is 0 Å². The van der Waals surface area contributed by atoms with Crippen molar-refractivity contribution in [3.8, 4) is 0 Å². The molecule has 0 atom stereocenters. The van der Waals surface area contributed by atoms with Crippen molar-refractivity contribution in [3.05, 3.63) is 53.8 Å². The molecule has 0 saturated heterocycles. The molecule has 0 fully saturated rings. The molecule has 2 aromatic carbocycles. The molecule has 5 nitrogen and oxygen atoms in total. The zero-order valence-corrected chi connectivity index (χ0v) is 12.2. The average molecular weight is 309 g/mol. The maximum Gasteiger partial charge on any atom is 0.240 e. The largest absolute Gasteiger partial charge is 0.397 e. The van der Waals surface area contributed by atoms with E-state index in [1.807, 2.05) is 0 Å². The highest BCUT2D eigenvalue weighted by molar-refractivity contribution is 7.89. The normalized spacial score (nSPS) is 11.3. The Hall–Kier alpha value is -2.12. The summed E-state index contributed by atoms with van der Waals surface area (Å²) in [5, 5.41) is 2.95. The summed E-state index contributed by atoms with van der Waals surface area (Å²) in [6, 6.07) is 10.7. The van der Waals surface area contributed by atoms with Crippen LogP contribution in [0.4, 0.5) is 15.8 Å². The molecule has 7 heteroatoms. The smallest absolute Gasteiger partial charge is 0.240 e. The van der Waals surface area contributed by atoms with Gasteiger partial charge in [-0.05, 0) is 31.3 Å². The summed E-state index contributed by atoms with van der Waals surface area (Å²) < 4.78 is 39.3. The molecule has 0 radical (unpaired) electrons. The summed E-state index contributed by atoms with van der Waals surface area (Å²) >= 11 is 0. The second-order valence-corrected chi connectivity index (χ2v) is 6.29. The van der Waals surface area contributed by atoms with E-state index in [1.54, 1.807) is 18.2 Å². The Morgan fingerprint density at radius 3 is 2.57 bits per heavy atom. The van der Waals surface area contributed by atoms with Crippen LogP contribution in [0, 0.1) is 5.82 Å². The van der Waals surface area contributed by atoms with Crippen LogP contribution in [0.15, 0.2) is 47.4 Å². The standard InChI is InChI=1S/C14H16FN3O2S/c1-17-21(19,20)11-6-7-13(16)14(8-11)18-9-10-4-2-3-5-12(10)15/h2-8,17-18H,9,16H2,1H3. The number of halogens is 1. The Morgan fingerprint density at radius 1 is 1.19 bits per heavy atom. The van der Waals surface area contributed by atoms with Crippen molar-refractivity contribution in [2.75, 3.05) is 18.1 Å². The van der Waals surface area contributed by atoms with Gasteiger partial charge in [0.15, 0.2) is 0 Å². The minimum Gasteiger partial charge on any atom is -0.397 e. The van der Waals surface area contributed by atoms with Crippen molar-refractivity contribution >= 4 is 21.4 Å². The van der Waals surface area contributed by atoms with E-state index in [9.17, 15) is 12.8 Å². The summed E-state index contributed by atoms with van der Waals surface area (Å²) in [4.78, 5) is 0.0928. The Balaban J connectivity index is 2.24. The summed E-state index contributed by atoms with van der Waals surface area (Å²) in [5.41, 5.74) is 7.11. The van der Waals surface area contributed by atoms with Crippen LogP contribution in [-0.4, -0.2) is 15.5 Å². The first kappa shape index (κ1) is 15.3. The molecular weight excluding hydrogens is 293 g/mol. The van der Waals surface area contributed by atoms with Gasteiger partial charge >= 0.3 is 0 Å². The van der Waals surface area contributed by atoms with Gasteiger partial charge in [-0.3, -0.25) is 0 Å². The number of rotatable bonds is 5. The lowest BCUT2D eigenvalue weighted by atomic mass is 10.2. The molecule has 2 aromatic rings. The van der Waals surface area contributed by atoms with Crippen LogP contribution in [0.5, 0.6) is 0 Å².